The molecule has 1 aliphatic heterocycles. The normalized spacial score (nSPS) is 18.1. The highest BCUT2D eigenvalue weighted by Gasteiger charge is 2.37. The van der Waals surface area contributed by atoms with Gasteiger partial charge in [-0.2, -0.15) is 0 Å². The number of aromatic amines is 4. The Bertz CT molecular complexity index is 1860. The van der Waals surface area contributed by atoms with Gasteiger partial charge in [0.05, 0.1) is 10.6 Å². The molecule has 1 aliphatic rings. The van der Waals surface area contributed by atoms with Crippen LogP contribution in [0.25, 0.3) is 0 Å². The van der Waals surface area contributed by atoms with E-state index in [9.17, 15) is 10.1 Å². The van der Waals surface area contributed by atoms with Gasteiger partial charge in [0.15, 0.2) is 5.82 Å². The van der Waals surface area contributed by atoms with Gasteiger partial charge in [-0.15, -0.1) is 10.2 Å². The number of nitrogens with zero attached hydrogens (tertiary/aromatic N) is 3. The molecular formula is C34H39N7O2. The van der Waals surface area contributed by atoms with E-state index in [1.165, 1.54) is 12.1 Å². The highest BCUT2D eigenvalue weighted by atomic mass is 16.6. The number of fused-ring (bicyclic) bond motifs is 8. The number of rotatable bonds is 3. The van der Waals surface area contributed by atoms with E-state index in [1.54, 1.807) is 12.1 Å². The number of aromatic nitrogens is 4. The zero-order valence-corrected chi connectivity index (χ0v) is 26.0. The minimum Gasteiger partial charge on any atom is -0.361 e. The third-order valence-corrected chi connectivity index (χ3v) is 9.57. The van der Waals surface area contributed by atoms with Gasteiger partial charge in [0.1, 0.15) is 0 Å². The lowest BCUT2D eigenvalue weighted by atomic mass is 9.80. The van der Waals surface area contributed by atoms with Crippen LogP contribution in [-0.4, -0.2) is 24.9 Å². The summed E-state index contributed by atoms with van der Waals surface area (Å²) in [6.45, 7) is 17.7. The zero-order valence-electron chi connectivity index (χ0n) is 26.0. The summed E-state index contributed by atoms with van der Waals surface area (Å²) in [4.78, 5) is 25.6. The smallest absolute Gasteiger partial charge is 0.269 e. The largest absolute Gasteiger partial charge is 0.361 e. The number of nitro benzene ring substituents is 1. The van der Waals surface area contributed by atoms with Crippen molar-refractivity contribution in [2.75, 3.05) is 0 Å². The predicted molar refractivity (Wildman–Crippen MR) is 169 cm³/mol. The topological polar surface area (TPSA) is 131 Å². The average molecular weight is 578 g/mol. The standard InChI is InChI=1S/C34H39N7O2/c1-31(2)22-19-29(38-30(22)40-39-20-9-11-21(12-10-20)41(42)43)34(7,8)28-18-17-27(37-28)33(5,6)26-16-15-25(36-26)32(3,4)24-14-13-23(31)35-24/h9-19,35-38H,1-8H3. The zero-order chi connectivity index (χ0) is 30.9. The van der Waals surface area contributed by atoms with Crippen molar-refractivity contribution in [3.05, 3.63) is 122 Å². The van der Waals surface area contributed by atoms with Gasteiger partial charge in [-0.3, -0.25) is 10.1 Å². The van der Waals surface area contributed by atoms with Gasteiger partial charge in [0.25, 0.3) is 5.69 Å². The first-order chi connectivity index (χ1) is 20.1. The average Bonchev–Trinajstić information content (AvgIpc) is 3.77. The van der Waals surface area contributed by atoms with Crippen LogP contribution in [0.3, 0.4) is 0 Å². The summed E-state index contributed by atoms with van der Waals surface area (Å²) in [5.41, 5.74) is 7.81. The van der Waals surface area contributed by atoms with E-state index in [1.807, 2.05) is 0 Å². The first kappa shape index (κ1) is 28.5. The second kappa shape index (κ2) is 9.42. The molecule has 4 aromatic heterocycles. The maximum absolute atomic E-state index is 11.1. The molecule has 9 nitrogen and oxygen atoms in total. The van der Waals surface area contributed by atoms with Crippen molar-refractivity contribution in [1.29, 1.82) is 0 Å². The monoisotopic (exact) mass is 577 g/mol. The van der Waals surface area contributed by atoms with Crippen LogP contribution in [0.1, 0.15) is 101 Å². The summed E-state index contributed by atoms with van der Waals surface area (Å²) in [5, 5.41) is 20.3. The highest BCUT2D eigenvalue weighted by Crippen LogP contribution is 2.44. The molecule has 222 valence electrons. The maximum atomic E-state index is 11.1. The fourth-order valence-corrected chi connectivity index (χ4v) is 6.04. The van der Waals surface area contributed by atoms with Crippen LogP contribution in [0.4, 0.5) is 17.2 Å². The third kappa shape index (κ3) is 4.54. The Balaban J connectivity index is 1.54. The van der Waals surface area contributed by atoms with Crippen LogP contribution >= 0.6 is 0 Å². The third-order valence-electron chi connectivity index (χ3n) is 9.57. The molecule has 4 N–H and O–H groups in total. The number of nitro groups is 1. The summed E-state index contributed by atoms with van der Waals surface area (Å²) < 4.78 is 0. The van der Waals surface area contributed by atoms with Crippen LogP contribution < -0.4 is 0 Å². The Hall–Kier alpha value is -4.66. The molecule has 6 rings (SSSR count). The lowest BCUT2D eigenvalue weighted by Crippen LogP contribution is -2.25. The number of nitrogens with one attached hydrogen (secondary N) is 4. The van der Waals surface area contributed by atoms with Crippen molar-refractivity contribution < 1.29 is 4.92 Å². The van der Waals surface area contributed by atoms with E-state index in [2.05, 4.69) is 128 Å². The summed E-state index contributed by atoms with van der Waals surface area (Å²) in [7, 11) is 0. The number of hydrogen-bond acceptors (Lipinski definition) is 4. The molecule has 0 aliphatic carbocycles. The first-order valence-electron chi connectivity index (χ1n) is 14.6. The van der Waals surface area contributed by atoms with Crippen LogP contribution in [0.5, 0.6) is 0 Å². The molecule has 9 heteroatoms. The van der Waals surface area contributed by atoms with Crippen LogP contribution in [0.2, 0.25) is 0 Å². The minimum absolute atomic E-state index is 0.0167. The molecule has 8 bridgehead atoms. The van der Waals surface area contributed by atoms with Gasteiger partial charge >= 0.3 is 0 Å². The lowest BCUT2D eigenvalue weighted by molar-refractivity contribution is -0.384. The molecule has 1 aromatic carbocycles. The first-order valence-corrected chi connectivity index (χ1v) is 14.6. The molecule has 0 unspecified atom stereocenters. The summed E-state index contributed by atoms with van der Waals surface area (Å²) in [6, 6.07) is 21.4. The molecule has 0 saturated heterocycles. The van der Waals surface area contributed by atoms with Crippen molar-refractivity contribution in [2.45, 2.75) is 77.0 Å². The molecule has 0 amide bonds. The van der Waals surface area contributed by atoms with Gasteiger partial charge in [-0.25, -0.2) is 0 Å². The number of H-pyrrole nitrogens is 4. The Morgan fingerprint density at radius 2 is 0.930 bits per heavy atom. The van der Waals surface area contributed by atoms with Crippen molar-refractivity contribution in [3.8, 4) is 0 Å². The van der Waals surface area contributed by atoms with Gasteiger partial charge in [-0.05, 0) is 96.1 Å². The van der Waals surface area contributed by atoms with E-state index in [-0.39, 0.29) is 16.5 Å². The van der Waals surface area contributed by atoms with Crippen LogP contribution in [0.15, 0.2) is 77.0 Å². The molecule has 0 fully saturated rings. The molecule has 0 saturated carbocycles. The fourth-order valence-electron chi connectivity index (χ4n) is 6.04. The highest BCUT2D eigenvalue weighted by molar-refractivity contribution is 5.54. The van der Waals surface area contributed by atoms with Gasteiger partial charge in [0, 0.05) is 79.2 Å². The van der Waals surface area contributed by atoms with Gasteiger partial charge in [-0.1, -0.05) is 13.8 Å². The number of hydrogen-bond donors (Lipinski definition) is 4. The van der Waals surface area contributed by atoms with Crippen LogP contribution in [-0.2, 0) is 21.7 Å². The van der Waals surface area contributed by atoms with Gasteiger partial charge < -0.3 is 19.9 Å². The molecule has 5 aromatic rings. The van der Waals surface area contributed by atoms with Crippen molar-refractivity contribution in [1.82, 2.24) is 19.9 Å². The Labute approximate surface area is 251 Å². The Kier molecular flexibility index (Phi) is 6.24. The minimum atomic E-state index is -0.455. The number of azo groups is 1. The SMILES string of the molecule is CC1(C)c2ccc([nH]2)C(C)(C)c2ccc([nH]2)C(C)(C)c2cc([nH]c2N=Nc2ccc([N+](=O)[O-])cc2)C(C)(C)c2ccc1[nH]2. The number of non-ortho nitro benzene ring substituents is 1. The number of benzene rings is 1. The van der Waals surface area contributed by atoms with E-state index >= 15 is 0 Å². The predicted octanol–water partition coefficient (Wildman–Crippen LogP) is 8.94. The lowest BCUT2D eigenvalue weighted by Gasteiger charge is -2.28. The molecule has 0 radical (unpaired) electrons. The molecule has 5 heterocycles. The second-order valence-electron chi connectivity index (χ2n) is 13.8. The van der Waals surface area contributed by atoms with Crippen LogP contribution in [0, 0.1) is 10.1 Å². The van der Waals surface area contributed by atoms with Crippen molar-refractivity contribution >= 4 is 17.2 Å². The molecular weight excluding hydrogens is 538 g/mol. The summed E-state index contributed by atoms with van der Waals surface area (Å²) in [5.74, 6) is 0.645. The molecule has 0 spiro atoms. The van der Waals surface area contributed by atoms with Crippen molar-refractivity contribution in [3.63, 3.8) is 0 Å². The van der Waals surface area contributed by atoms with E-state index in [4.69, 9.17) is 0 Å². The molecule has 0 atom stereocenters. The van der Waals surface area contributed by atoms with Crippen molar-refractivity contribution in [2.24, 2.45) is 10.2 Å². The van der Waals surface area contributed by atoms with E-state index in [0.29, 0.717) is 11.5 Å². The van der Waals surface area contributed by atoms with E-state index in [0.717, 1.165) is 45.4 Å². The second-order valence-corrected chi connectivity index (χ2v) is 13.8. The summed E-state index contributed by atoms with van der Waals surface area (Å²) >= 11 is 0. The van der Waals surface area contributed by atoms with Gasteiger partial charge in [0.2, 0.25) is 0 Å². The Morgan fingerprint density at radius 1 is 0.535 bits per heavy atom. The quantitative estimate of drug-likeness (QED) is 0.0969. The van der Waals surface area contributed by atoms with E-state index < -0.39 is 15.8 Å². The Morgan fingerprint density at radius 3 is 1.35 bits per heavy atom. The summed E-state index contributed by atoms with van der Waals surface area (Å²) in [6.07, 6.45) is 0. The maximum Gasteiger partial charge on any atom is 0.269 e. The molecule has 43 heavy (non-hydrogen) atoms. The fraction of sp³-hybridized carbons (Fsp3) is 0.353.